The third-order valence-corrected chi connectivity index (χ3v) is 3.19. The maximum absolute atomic E-state index is 12.1. The minimum absolute atomic E-state index is 0.00765. The van der Waals surface area contributed by atoms with Crippen LogP contribution >= 0.6 is 0 Å². The molecule has 2 aromatic rings. The lowest BCUT2D eigenvalue weighted by atomic mass is 10.0. The number of aromatic nitrogens is 3. The van der Waals surface area contributed by atoms with Crippen LogP contribution in [0.15, 0.2) is 30.3 Å². The Balaban J connectivity index is 2.09. The second kappa shape index (κ2) is 7.28. The number of rotatable bonds is 6. The van der Waals surface area contributed by atoms with Crippen molar-refractivity contribution in [3.05, 3.63) is 41.7 Å². The minimum Gasteiger partial charge on any atom is -0.453 e. The molecule has 1 N–H and O–H groups in total. The van der Waals surface area contributed by atoms with E-state index in [2.05, 4.69) is 10.2 Å². The van der Waals surface area contributed by atoms with Gasteiger partial charge in [0.05, 0.1) is 17.5 Å². The van der Waals surface area contributed by atoms with E-state index in [0.717, 1.165) is 0 Å². The molecule has 2 rings (SSSR count). The highest BCUT2D eigenvalue weighted by molar-refractivity contribution is 6.06. The highest BCUT2D eigenvalue weighted by Crippen LogP contribution is 2.09. The molecule has 8 nitrogen and oxygen atoms in total. The maximum Gasteiger partial charge on any atom is 0.361 e. The average Bonchev–Trinajstić information content (AvgIpc) is 2.95. The minimum atomic E-state index is -1.21. The van der Waals surface area contributed by atoms with Crippen molar-refractivity contribution in [3.63, 3.8) is 0 Å². The molecule has 1 aromatic heterocycles. The number of aryl methyl sites for hydroxylation is 1. The monoisotopic (exact) mass is 325 g/mol. The van der Waals surface area contributed by atoms with Crippen LogP contribution in [0.4, 0.5) is 0 Å². The summed E-state index contributed by atoms with van der Waals surface area (Å²) in [5, 5.41) is 24.4. The fourth-order valence-electron chi connectivity index (χ4n) is 1.94. The number of para-hydroxylation sites is 1. The van der Waals surface area contributed by atoms with Crippen LogP contribution in [-0.4, -0.2) is 39.1 Å². The van der Waals surface area contributed by atoms with Crippen LogP contribution < -0.4 is 0 Å². The van der Waals surface area contributed by atoms with E-state index in [1.165, 1.54) is 11.7 Å². The lowest BCUT2D eigenvalue weighted by Gasteiger charge is -2.06. The third kappa shape index (κ3) is 3.70. The maximum atomic E-state index is 12.1. The van der Waals surface area contributed by atoms with Gasteiger partial charge >= 0.3 is 5.97 Å². The average molecular weight is 325 g/mol. The normalized spacial score (nSPS) is 11.4. The van der Waals surface area contributed by atoms with E-state index < -0.39 is 24.3 Å². The lowest BCUT2D eigenvalue weighted by molar-refractivity contribution is -0.122. The van der Waals surface area contributed by atoms with Gasteiger partial charge in [-0.2, -0.15) is 15.2 Å². The van der Waals surface area contributed by atoms with Crippen LogP contribution in [-0.2, 0) is 9.53 Å². The van der Waals surface area contributed by atoms with Crippen molar-refractivity contribution in [2.45, 2.75) is 13.8 Å². The van der Waals surface area contributed by atoms with E-state index in [9.17, 15) is 9.59 Å². The van der Waals surface area contributed by atoms with Crippen LogP contribution in [0.3, 0.4) is 0 Å². The smallest absolute Gasteiger partial charge is 0.361 e. The zero-order valence-corrected chi connectivity index (χ0v) is 13.2. The fourth-order valence-corrected chi connectivity index (χ4v) is 1.94. The summed E-state index contributed by atoms with van der Waals surface area (Å²) < 4.78 is 4.90. The molecule has 0 fully saturated rings. The Morgan fingerprint density at radius 2 is 2.00 bits per heavy atom. The van der Waals surface area contributed by atoms with Crippen LogP contribution in [0.1, 0.15) is 23.1 Å². The standard InChI is InChI=1S/C16H15N5O3/c1-10(18)13(8-17)14(22)9-24-16(23)15-11(2)19-21(20-15)12-6-4-3-5-7-12/h3-7,13,18H,9H2,1-2H3/t13-/m1/s1. The highest BCUT2D eigenvalue weighted by Gasteiger charge is 2.24. The number of nitriles is 1. The number of carbonyl (C=O) groups is 2. The number of carbonyl (C=O) groups excluding carboxylic acids is 2. The Hall–Kier alpha value is -3.34. The van der Waals surface area contributed by atoms with Crippen molar-refractivity contribution in [2.75, 3.05) is 6.61 Å². The topological polar surface area (TPSA) is 122 Å². The molecular formula is C16H15N5O3. The molecule has 0 aliphatic rings. The summed E-state index contributed by atoms with van der Waals surface area (Å²) in [5.74, 6) is -2.66. The van der Waals surface area contributed by atoms with E-state index in [0.29, 0.717) is 11.4 Å². The first-order valence-corrected chi connectivity index (χ1v) is 7.08. The van der Waals surface area contributed by atoms with Gasteiger partial charge in [-0.15, -0.1) is 5.10 Å². The van der Waals surface area contributed by atoms with E-state index in [1.807, 2.05) is 18.2 Å². The number of esters is 1. The second-order valence-corrected chi connectivity index (χ2v) is 5.05. The quantitative estimate of drug-likeness (QED) is 0.634. The first kappa shape index (κ1) is 17.0. The van der Waals surface area contributed by atoms with Crippen LogP contribution in [0.5, 0.6) is 0 Å². The van der Waals surface area contributed by atoms with E-state index in [1.54, 1.807) is 25.1 Å². The summed E-state index contributed by atoms with van der Waals surface area (Å²) in [6.45, 7) is 2.36. The zero-order chi connectivity index (χ0) is 17.7. The number of nitrogens with one attached hydrogen (secondary N) is 1. The number of benzene rings is 1. The van der Waals surface area contributed by atoms with Crippen LogP contribution in [0.2, 0.25) is 0 Å². The van der Waals surface area contributed by atoms with Crippen molar-refractivity contribution >= 4 is 17.5 Å². The summed E-state index contributed by atoms with van der Waals surface area (Å²) in [7, 11) is 0. The van der Waals surface area contributed by atoms with Gasteiger partial charge in [-0.25, -0.2) is 4.79 Å². The van der Waals surface area contributed by atoms with Gasteiger partial charge in [0.2, 0.25) is 0 Å². The molecule has 0 aliphatic carbocycles. The first-order chi connectivity index (χ1) is 11.4. The SMILES string of the molecule is CC(=N)[C@@H](C#N)C(=O)COC(=O)c1nn(-c2ccccc2)nc1C. The molecule has 0 bridgehead atoms. The van der Waals surface area contributed by atoms with E-state index >= 15 is 0 Å². The van der Waals surface area contributed by atoms with Crippen LogP contribution in [0.25, 0.3) is 5.69 Å². The molecule has 1 heterocycles. The molecule has 0 unspecified atom stereocenters. The molecule has 0 amide bonds. The van der Waals surface area contributed by atoms with Gasteiger partial charge in [-0.1, -0.05) is 18.2 Å². The zero-order valence-electron chi connectivity index (χ0n) is 13.2. The molecule has 0 radical (unpaired) electrons. The Bertz CT molecular complexity index is 820. The summed E-state index contributed by atoms with van der Waals surface area (Å²) in [6.07, 6.45) is 0. The predicted octanol–water partition coefficient (Wildman–Crippen LogP) is 1.48. The van der Waals surface area contributed by atoms with Gasteiger partial charge in [-0.3, -0.25) is 4.79 Å². The van der Waals surface area contributed by atoms with Gasteiger partial charge in [0.15, 0.2) is 18.1 Å². The summed E-state index contributed by atoms with van der Waals surface area (Å²) >= 11 is 0. The van der Waals surface area contributed by atoms with Crippen molar-refractivity contribution < 1.29 is 14.3 Å². The summed E-state index contributed by atoms with van der Waals surface area (Å²) in [6, 6.07) is 10.7. The van der Waals surface area contributed by atoms with Gasteiger partial charge in [0.25, 0.3) is 0 Å². The number of hydrogen-bond acceptors (Lipinski definition) is 7. The van der Waals surface area contributed by atoms with E-state index in [4.69, 9.17) is 15.4 Å². The van der Waals surface area contributed by atoms with Crippen molar-refractivity contribution in [1.29, 1.82) is 10.7 Å². The summed E-state index contributed by atoms with van der Waals surface area (Å²) in [5.41, 5.74) is 0.938. The lowest BCUT2D eigenvalue weighted by Crippen LogP contribution is -2.25. The van der Waals surface area contributed by atoms with Crippen molar-refractivity contribution in [3.8, 4) is 11.8 Å². The first-order valence-electron chi connectivity index (χ1n) is 7.08. The Morgan fingerprint density at radius 1 is 1.33 bits per heavy atom. The Morgan fingerprint density at radius 3 is 2.58 bits per heavy atom. The van der Waals surface area contributed by atoms with Gasteiger partial charge in [-0.05, 0) is 26.0 Å². The molecule has 8 heteroatoms. The predicted molar refractivity (Wildman–Crippen MR) is 83.9 cm³/mol. The molecule has 1 atom stereocenters. The Labute approximate surface area is 138 Å². The number of nitrogens with zero attached hydrogens (tertiary/aromatic N) is 4. The molecule has 0 saturated carbocycles. The highest BCUT2D eigenvalue weighted by atomic mass is 16.5. The van der Waals surface area contributed by atoms with Gasteiger partial charge in [0.1, 0.15) is 5.92 Å². The number of hydrogen-bond donors (Lipinski definition) is 1. The van der Waals surface area contributed by atoms with Crippen LogP contribution in [0, 0.1) is 29.6 Å². The van der Waals surface area contributed by atoms with E-state index in [-0.39, 0.29) is 11.4 Å². The number of ketones is 1. The largest absolute Gasteiger partial charge is 0.453 e. The summed E-state index contributed by atoms with van der Waals surface area (Å²) in [4.78, 5) is 25.1. The third-order valence-electron chi connectivity index (χ3n) is 3.19. The second-order valence-electron chi connectivity index (χ2n) is 5.05. The molecule has 0 spiro atoms. The Kier molecular flexibility index (Phi) is 5.16. The van der Waals surface area contributed by atoms with Crippen molar-refractivity contribution in [2.24, 2.45) is 5.92 Å². The van der Waals surface area contributed by atoms with Gasteiger partial charge < -0.3 is 10.1 Å². The molecule has 0 aliphatic heterocycles. The van der Waals surface area contributed by atoms with Crippen molar-refractivity contribution in [1.82, 2.24) is 15.0 Å². The van der Waals surface area contributed by atoms with Gasteiger partial charge in [0, 0.05) is 5.71 Å². The molecular weight excluding hydrogens is 310 g/mol. The molecule has 1 aromatic carbocycles. The molecule has 0 saturated heterocycles. The number of Topliss-reactive ketones (excluding diaryl/α,β-unsaturated/α-hetero) is 1. The molecule has 24 heavy (non-hydrogen) atoms. The fraction of sp³-hybridized carbons (Fsp3) is 0.250. The molecule has 122 valence electrons. The number of ether oxygens (including phenoxy) is 1.